The van der Waals surface area contributed by atoms with Gasteiger partial charge in [0, 0.05) is 18.2 Å². The maximum absolute atomic E-state index is 12.6. The Morgan fingerprint density at radius 2 is 1.96 bits per heavy atom. The minimum absolute atomic E-state index is 0.0106. The third-order valence-electron chi connectivity index (χ3n) is 5.27. The fraction of sp³-hybridized carbons (Fsp3) is 0.526. The van der Waals surface area contributed by atoms with E-state index in [1.54, 1.807) is 7.11 Å². The number of carbonyl (C=O) groups excluding carboxylic acids is 1. The Morgan fingerprint density at radius 3 is 2.69 bits per heavy atom. The maximum Gasteiger partial charge on any atom is 0.318 e. The van der Waals surface area contributed by atoms with Gasteiger partial charge >= 0.3 is 6.03 Å². The summed E-state index contributed by atoms with van der Waals surface area (Å²) in [4.78, 5) is 19.0. The molecule has 7 heteroatoms. The smallest absolute Gasteiger partial charge is 0.318 e. The van der Waals surface area contributed by atoms with Crippen LogP contribution in [-0.2, 0) is 0 Å². The Balaban J connectivity index is 1.47. The molecule has 1 atom stereocenters. The minimum Gasteiger partial charge on any atom is -0.497 e. The summed E-state index contributed by atoms with van der Waals surface area (Å²) in [5.74, 6) is 1.82. The van der Waals surface area contributed by atoms with Gasteiger partial charge in [-0.15, -0.1) is 0 Å². The van der Waals surface area contributed by atoms with Gasteiger partial charge in [-0.25, -0.2) is 4.79 Å². The van der Waals surface area contributed by atoms with Crippen LogP contribution in [0.15, 0.2) is 28.8 Å². The molecule has 0 bridgehead atoms. The number of carbonyl (C=O) groups is 1. The van der Waals surface area contributed by atoms with Crippen molar-refractivity contribution in [1.82, 2.24) is 20.4 Å². The van der Waals surface area contributed by atoms with E-state index in [0.717, 1.165) is 43.5 Å². The monoisotopic (exact) mass is 356 g/mol. The van der Waals surface area contributed by atoms with Crippen molar-refractivity contribution in [3.63, 3.8) is 0 Å². The molecule has 1 aromatic carbocycles. The van der Waals surface area contributed by atoms with Gasteiger partial charge < -0.3 is 19.5 Å². The van der Waals surface area contributed by atoms with Crippen LogP contribution in [0.4, 0.5) is 4.79 Å². The lowest BCUT2D eigenvalue weighted by molar-refractivity contribution is 0.177. The molecular formula is C19H24N4O3. The Kier molecular flexibility index (Phi) is 4.77. The van der Waals surface area contributed by atoms with E-state index in [9.17, 15) is 4.79 Å². The third-order valence-corrected chi connectivity index (χ3v) is 5.27. The molecule has 2 fully saturated rings. The van der Waals surface area contributed by atoms with E-state index in [-0.39, 0.29) is 12.1 Å². The van der Waals surface area contributed by atoms with Gasteiger partial charge in [0.2, 0.25) is 11.7 Å². The first-order valence-corrected chi connectivity index (χ1v) is 9.30. The second-order valence-electron chi connectivity index (χ2n) is 6.97. The highest BCUT2D eigenvalue weighted by Crippen LogP contribution is 2.32. The average Bonchev–Trinajstić information content (AvgIpc) is 3.41. The highest BCUT2D eigenvalue weighted by atomic mass is 16.5. The van der Waals surface area contributed by atoms with Crippen LogP contribution in [0.5, 0.6) is 5.75 Å². The molecule has 138 valence electrons. The molecule has 26 heavy (non-hydrogen) atoms. The quantitative estimate of drug-likeness (QED) is 0.906. The summed E-state index contributed by atoms with van der Waals surface area (Å²) >= 11 is 0. The second kappa shape index (κ2) is 7.35. The van der Waals surface area contributed by atoms with E-state index >= 15 is 0 Å². The number of aromatic nitrogens is 2. The van der Waals surface area contributed by atoms with Crippen LogP contribution >= 0.6 is 0 Å². The zero-order valence-electron chi connectivity index (χ0n) is 15.0. The van der Waals surface area contributed by atoms with Crippen molar-refractivity contribution in [3.8, 4) is 17.1 Å². The standard InChI is InChI=1S/C19H24N4O3/c1-25-15-10-8-13(9-11-15)17-21-18(26-22-17)16-7-4-12-23(16)19(24)20-14-5-2-3-6-14/h8-11,14,16H,2-7,12H2,1H3,(H,20,24). The van der Waals surface area contributed by atoms with Gasteiger partial charge in [0.25, 0.3) is 0 Å². The molecule has 1 saturated heterocycles. The summed E-state index contributed by atoms with van der Waals surface area (Å²) in [7, 11) is 1.63. The first kappa shape index (κ1) is 16.9. The number of hydrogen-bond acceptors (Lipinski definition) is 5. The number of benzene rings is 1. The maximum atomic E-state index is 12.6. The van der Waals surface area contributed by atoms with Crippen molar-refractivity contribution in [3.05, 3.63) is 30.2 Å². The number of nitrogens with zero attached hydrogens (tertiary/aromatic N) is 3. The molecule has 1 N–H and O–H groups in total. The molecular weight excluding hydrogens is 332 g/mol. The molecule has 1 aliphatic carbocycles. The lowest BCUT2D eigenvalue weighted by atomic mass is 10.2. The molecule has 2 heterocycles. The van der Waals surface area contributed by atoms with E-state index in [1.165, 1.54) is 12.8 Å². The highest BCUT2D eigenvalue weighted by Gasteiger charge is 2.35. The number of ether oxygens (including phenoxy) is 1. The fourth-order valence-electron chi connectivity index (χ4n) is 3.82. The molecule has 1 unspecified atom stereocenters. The first-order valence-electron chi connectivity index (χ1n) is 9.30. The molecule has 0 radical (unpaired) electrons. The van der Waals surface area contributed by atoms with Gasteiger partial charge in [-0.3, -0.25) is 0 Å². The molecule has 4 rings (SSSR count). The zero-order chi connectivity index (χ0) is 17.9. The third kappa shape index (κ3) is 3.38. The molecule has 2 amide bonds. The van der Waals surface area contributed by atoms with Gasteiger partial charge in [-0.1, -0.05) is 18.0 Å². The predicted molar refractivity (Wildman–Crippen MR) is 95.8 cm³/mol. The number of likely N-dealkylation sites (tertiary alicyclic amines) is 1. The molecule has 2 aromatic rings. The van der Waals surface area contributed by atoms with Gasteiger partial charge in [0.15, 0.2) is 0 Å². The van der Waals surface area contributed by atoms with Crippen LogP contribution in [0.1, 0.15) is 50.5 Å². The number of methoxy groups -OCH3 is 1. The number of nitrogens with one attached hydrogen (secondary N) is 1. The Bertz CT molecular complexity index is 752. The van der Waals surface area contributed by atoms with Crippen molar-refractivity contribution < 1.29 is 14.1 Å². The van der Waals surface area contributed by atoms with Crippen molar-refractivity contribution >= 4 is 6.03 Å². The van der Waals surface area contributed by atoms with Crippen molar-refractivity contribution in [2.24, 2.45) is 0 Å². The Morgan fingerprint density at radius 1 is 1.19 bits per heavy atom. The normalized spacial score (nSPS) is 20.5. The Labute approximate surface area is 152 Å². The number of amides is 2. The summed E-state index contributed by atoms with van der Waals surface area (Å²) in [5, 5.41) is 7.25. The molecule has 2 aliphatic rings. The summed E-state index contributed by atoms with van der Waals surface area (Å²) in [5.41, 5.74) is 0.862. The molecule has 0 spiro atoms. The Hall–Kier alpha value is -2.57. The van der Waals surface area contributed by atoms with E-state index in [4.69, 9.17) is 9.26 Å². The predicted octanol–water partition coefficient (Wildman–Crippen LogP) is 3.53. The van der Waals surface area contributed by atoms with Crippen LogP contribution < -0.4 is 10.1 Å². The van der Waals surface area contributed by atoms with E-state index in [1.807, 2.05) is 29.2 Å². The number of rotatable bonds is 4. The first-order chi connectivity index (χ1) is 12.7. The van der Waals surface area contributed by atoms with Crippen LogP contribution in [0.3, 0.4) is 0 Å². The number of urea groups is 1. The van der Waals surface area contributed by atoms with Crippen molar-refractivity contribution in [2.45, 2.75) is 50.6 Å². The van der Waals surface area contributed by atoms with Crippen LogP contribution in [-0.4, -0.2) is 40.8 Å². The van der Waals surface area contributed by atoms with E-state index in [2.05, 4.69) is 15.5 Å². The fourth-order valence-corrected chi connectivity index (χ4v) is 3.82. The van der Waals surface area contributed by atoms with Gasteiger partial charge in [0.1, 0.15) is 11.8 Å². The molecule has 1 aromatic heterocycles. The number of hydrogen-bond donors (Lipinski definition) is 1. The van der Waals surface area contributed by atoms with Crippen molar-refractivity contribution in [2.75, 3.05) is 13.7 Å². The zero-order valence-corrected chi connectivity index (χ0v) is 15.0. The van der Waals surface area contributed by atoms with Gasteiger partial charge in [0.05, 0.1) is 7.11 Å². The van der Waals surface area contributed by atoms with Crippen LogP contribution in [0, 0.1) is 0 Å². The summed E-state index contributed by atoms with van der Waals surface area (Å²) in [6, 6.07) is 7.67. The molecule has 1 saturated carbocycles. The van der Waals surface area contributed by atoms with Crippen molar-refractivity contribution in [1.29, 1.82) is 0 Å². The van der Waals surface area contributed by atoms with E-state index < -0.39 is 0 Å². The molecule has 1 aliphatic heterocycles. The van der Waals surface area contributed by atoms with Crippen LogP contribution in [0.25, 0.3) is 11.4 Å². The van der Waals surface area contributed by atoms with E-state index in [0.29, 0.717) is 17.8 Å². The lowest BCUT2D eigenvalue weighted by Gasteiger charge is -2.24. The van der Waals surface area contributed by atoms with Gasteiger partial charge in [-0.2, -0.15) is 4.98 Å². The SMILES string of the molecule is COc1ccc(-c2noc(C3CCCN3C(=O)NC3CCCC3)n2)cc1. The lowest BCUT2D eigenvalue weighted by Crippen LogP contribution is -2.43. The highest BCUT2D eigenvalue weighted by molar-refractivity contribution is 5.75. The average molecular weight is 356 g/mol. The topological polar surface area (TPSA) is 80.5 Å². The molecule has 7 nitrogen and oxygen atoms in total. The summed E-state index contributed by atoms with van der Waals surface area (Å²) < 4.78 is 10.7. The largest absolute Gasteiger partial charge is 0.497 e. The van der Waals surface area contributed by atoms with Crippen LogP contribution in [0.2, 0.25) is 0 Å². The minimum atomic E-state index is -0.143. The second-order valence-corrected chi connectivity index (χ2v) is 6.97. The van der Waals surface area contributed by atoms with Gasteiger partial charge in [-0.05, 0) is 49.9 Å². The summed E-state index contributed by atoms with van der Waals surface area (Å²) in [6.45, 7) is 0.726. The summed E-state index contributed by atoms with van der Waals surface area (Å²) in [6.07, 6.45) is 6.34.